The molecule has 98 valence electrons. The summed E-state index contributed by atoms with van der Waals surface area (Å²) in [6, 6.07) is 3.53. The smallest absolute Gasteiger partial charge is 0.129 e. The summed E-state index contributed by atoms with van der Waals surface area (Å²) in [5.41, 5.74) is 1.12. The second kappa shape index (κ2) is 4.84. The third-order valence-electron chi connectivity index (χ3n) is 3.91. The van der Waals surface area contributed by atoms with Gasteiger partial charge < -0.3 is 5.32 Å². The minimum absolute atomic E-state index is 0.458. The molecular formula is C14H22N4. The van der Waals surface area contributed by atoms with E-state index in [9.17, 15) is 0 Å². The van der Waals surface area contributed by atoms with Crippen molar-refractivity contribution in [1.29, 1.82) is 0 Å². The Kier molecular flexibility index (Phi) is 3.20. The zero-order valence-corrected chi connectivity index (χ0v) is 11.3. The summed E-state index contributed by atoms with van der Waals surface area (Å²) in [7, 11) is 0. The molecule has 1 saturated heterocycles. The molecule has 1 aromatic heterocycles. The van der Waals surface area contributed by atoms with Crippen LogP contribution in [0.4, 0.5) is 5.82 Å². The van der Waals surface area contributed by atoms with E-state index in [4.69, 9.17) is 0 Å². The molecule has 1 unspecified atom stereocenters. The molecule has 2 heterocycles. The second-order valence-electron chi connectivity index (χ2n) is 5.84. The maximum absolute atomic E-state index is 4.33. The maximum atomic E-state index is 4.33. The van der Waals surface area contributed by atoms with E-state index in [1.165, 1.54) is 32.4 Å². The lowest BCUT2D eigenvalue weighted by molar-refractivity contribution is 0.326. The van der Waals surface area contributed by atoms with Crippen molar-refractivity contribution in [3.8, 4) is 0 Å². The van der Waals surface area contributed by atoms with Crippen LogP contribution < -0.4 is 5.32 Å². The quantitative estimate of drug-likeness (QED) is 0.884. The van der Waals surface area contributed by atoms with Gasteiger partial charge in [0.25, 0.3) is 0 Å². The van der Waals surface area contributed by atoms with Gasteiger partial charge in [-0.05, 0) is 25.2 Å². The fraction of sp³-hybridized carbons (Fsp3) is 0.714. The molecule has 2 fully saturated rings. The summed E-state index contributed by atoms with van der Waals surface area (Å²) < 4.78 is 0. The summed E-state index contributed by atoms with van der Waals surface area (Å²) in [5, 5.41) is 3.56. The van der Waals surface area contributed by atoms with Crippen molar-refractivity contribution in [2.75, 3.05) is 18.4 Å². The molecule has 0 spiro atoms. The Morgan fingerprint density at radius 3 is 2.83 bits per heavy atom. The topological polar surface area (TPSA) is 41.0 Å². The molecule has 1 saturated carbocycles. The van der Waals surface area contributed by atoms with E-state index in [-0.39, 0.29) is 0 Å². The number of hydrogen-bond acceptors (Lipinski definition) is 4. The Labute approximate surface area is 109 Å². The lowest BCUT2D eigenvalue weighted by Crippen LogP contribution is -2.28. The third kappa shape index (κ3) is 2.64. The number of nitrogens with zero attached hydrogens (tertiary/aromatic N) is 3. The van der Waals surface area contributed by atoms with E-state index in [1.807, 2.05) is 0 Å². The molecule has 1 atom stereocenters. The van der Waals surface area contributed by atoms with Crippen molar-refractivity contribution in [2.24, 2.45) is 0 Å². The van der Waals surface area contributed by atoms with Gasteiger partial charge in [-0.1, -0.05) is 13.8 Å². The molecule has 1 aromatic rings. The van der Waals surface area contributed by atoms with Crippen molar-refractivity contribution in [2.45, 2.75) is 51.1 Å². The standard InChI is InChI=1S/C14H22N4/c1-10(2)13-7-14(16-9-15-13)17-11-5-6-18(8-11)12-3-4-12/h7,9-12H,3-6,8H2,1-2H3,(H,15,16,17). The van der Waals surface area contributed by atoms with Gasteiger partial charge in [-0.15, -0.1) is 0 Å². The van der Waals surface area contributed by atoms with Crippen LogP contribution in [0.3, 0.4) is 0 Å². The molecule has 2 aliphatic rings. The van der Waals surface area contributed by atoms with Gasteiger partial charge in [0.1, 0.15) is 12.1 Å². The van der Waals surface area contributed by atoms with Crippen LogP contribution >= 0.6 is 0 Å². The number of aromatic nitrogens is 2. The summed E-state index contributed by atoms with van der Waals surface area (Å²) in [4.78, 5) is 11.2. The number of likely N-dealkylation sites (tertiary alicyclic amines) is 1. The Morgan fingerprint density at radius 2 is 2.11 bits per heavy atom. The summed E-state index contributed by atoms with van der Waals surface area (Å²) in [6.45, 7) is 6.74. The van der Waals surface area contributed by atoms with Crippen molar-refractivity contribution < 1.29 is 0 Å². The first kappa shape index (κ1) is 11.9. The van der Waals surface area contributed by atoms with Gasteiger partial charge in [0.15, 0.2) is 0 Å². The van der Waals surface area contributed by atoms with Gasteiger partial charge in [-0.25, -0.2) is 9.97 Å². The molecule has 0 aromatic carbocycles. The predicted molar refractivity (Wildman–Crippen MR) is 72.7 cm³/mol. The largest absolute Gasteiger partial charge is 0.366 e. The van der Waals surface area contributed by atoms with E-state index in [0.29, 0.717) is 12.0 Å². The van der Waals surface area contributed by atoms with Gasteiger partial charge in [0, 0.05) is 36.9 Å². The fourth-order valence-corrected chi connectivity index (χ4v) is 2.65. The van der Waals surface area contributed by atoms with Gasteiger partial charge >= 0.3 is 0 Å². The first-order valence-electron chi connectivity index (χ1n) is 7.05. The van der Waals surface area contributed by atoms with E-state index >= 15 is 0 Å². The first-order chi connectivity index (χ1) is 8.72. The van der Waals surface area contributed by atoms with Crippen LogP contribution in [0.25, 0.3) is 0 Å². The summed E-state index contributed by atoms with van der Waals surface area (Å²) in [5.74, 6) is 1.44. The van der Waals surface area contributed by atoms with Crippen LogP contribution in [0.2, 0.25) is 0 Å². The van der Waals surface area contributed by atoms with E-state index in [2.05, 4.69) is 40.1 Å². The minimum Gasteiger partial charge on any atom is -0.366 e. The van der Waals surface area contributed by atoms with E-state index in [0.717, 1.165) is 17.6 Å². The van der Waals surface area contributed by atoms with Crippen LogP contribution in [0.5, 0.6) is 0 Å². The number of anilines is 1. The number of rotatable bonds is 4. The SMILES string of the molecule is CC(C)c1cc(NC2CCN(C3CC3)C2)ncn1. The molecular weight excluding hydrogens is 224 g/mol. The molecule has 3 rings (SSSR count). The minimum atomic E-state index is 0.458. The summed E-state index contributed by atoms with van der Waals surface area (Å²) in [6.07, 6.45) is 5.71. The predicted octanol–water partition coefficient (Wildman–Crippen LogP) is 2.25. The van der Waals surface area contributed by atoms with Crippen LogP contribution in [-0.2, 0) is 0 Å². The van der Waals surface area contributed by atoms with Gasteiger partial charge in [0.2, 0.25) is 0 Å². The Morgan fingerprint density at radius 1 is 1.28 bits per heavy atom. The number of nitrogens with one attached hydrogen (secondary N) is 1. The molecule has 1 aliphatic heterocycles. The molecule has 0 radical (unpaired) electrons. The molecule has 1 aliphatic carbocycles. The number of hydrogen-bond donors (Lipinski definition) is 1. The average molecular weight is 246 g/mol. The molecule has 1 N–H and O–H groups in total. The average Bonchev–Trinajstić information content (AvgIpc) is 3.11. The lowest BCUT2D eigenvalue weighted by Gasteiger charge is -2.16. The van der Waals surface area contributed by atoms with Gasteiger partial charge in [-0.2, -0.15) is 0 Å². The fourth-order valence-electron chi connectivity index (χ4n) is 2.65. The van der Waals surface area contributed by atoms with Crippen molar-refractivity contribution >= 4 is 5.82 Å². The van der Waals surface area contributed by atoms with Crippen molar-refractivity contribution in [3.63, 3.8) is 0 Å². The van der Waals surface area contributed by atoms with Gasteiger partial charge in [0.05, 0.1) is 0 Å². The molecule has 18 heavy (non-hydrogen) atoms. The Hall–Kier alpha value is -1.16. The maximum Gasteiger partial charge on any atom is 0.129 e. The first-order valence-corrected chi connectivity index (χ1v) is 7.05. The van der Waals surface area contributed by atoms with Crippen LogP contribution in [0.15, 0.2) is 12.4 Å². The normalized spacial score (nSPS) is 24.7. The second-order valence-corrected chi connectivity index (χ2v) is 5.84. The highest BCUT2D eigenvalue weighted by atomic mass is 15.2. The van der Waals surface area contributed by atoms with Crippen molar-refractivity contribution in [1.82, 2.24) is 14.9 Å². The van der Waals surface area contributed by atoms with Gasteiger partial charge in [-0.3, -0.25) is 4.90 Å². The van der Waals surface area contributed by atoms with E-state index < -0.39 is 0 Å². The summed E-state index contributed by atoms with van der Waals surface area (Å²) >= 11 is 0. The zero-order chi connectivity index (χ0) is 12.5. The molecule has 4 nitrogen and oxygen atoms in total. The van der Waals surface area contributed by atoms with Crippen LogP contribution in [-0.4, -0.2) is 40.0 Å². The highest BCUT2D eigenvalue weighted by Crippen LogP contribution is 2.30. The molecule has 4 heteroatoms. The van der Waals surface area contributed by atoms with Crippen molar-refractivity contribution in [3.05, 3.63) is 18.1 Å². The highest BCUT2D eigenvalue weighted by Gasteiger charge is 2.34. The Balaban J connectivity index is 1.60. The van der Waals surface area contributed by atoms with E-state index in [1.54, 1.807) is 6.33 Å². The van der Waals surface area contributed by atoms with Crippen LogP contribution in [0, 0.1) is 0 Å². The molecule has 0 bridgehead atoms. The third-order valence-corrected chi connectivity index (χ3v) is 3.91. The zero-order valence-electron chi connectivity index (χ0n) is 11.3. The Bertz CT molecular complexity index is 414. The lowest BCUT2D eigenvalue weighted by atomic mass is 10.1. The molecule has 0 amide bonds. The highest BCUT2D eigenvalue weighted by molar-refractivity contribution is 5.37. The van der Waals surface area contributed by atoms with Crippen LogP contribution in [0.1, 0.15) is 44.7 Å². The monoisotopic (exact) mass is 246 g/mol.